The Balaban J connectivity index is 0.00000441. The van der Waals surface area contributed by atoms with Crippen LogP contribution in [0.1, 0.15) is 33.2 Å². The minimum absolute atomic E-state index is 0. The molecule has 0 fully saturated rings. The van der Waals surface area contributed by atoms with Gasteiger partial charge in [0, 0.05) is 18.5 Å². The molecular weight excluding hydrogens is 579 g/mol. The average molecular weight is 606 g/mol. The number of ether oxygens (including phenoxy) is 3. The summed E-state index contributed by atoms with van der Waals surface area (Å²) in [5.74, 6) is 0.534. The largest absolute Gasteiger partial charge is 0.870 e. The molecule has 8 nitrogen and oxygen atoms in total. The minimum atomic E-state index is -0.719. The van der Waals surface area contributed by atoms with Gasteiger partial charge in [0.1, 0.15) is 26.9 Å². The minimum Gasteiger partial charge on any atom is -0.870 e. The molecule has 0 aliphatic rings. The molecule has 4 aromatic rings. The van der Waals surface area contributed by atoms with E-state index in [1.165, 1.54) is 13.2 Å². The number of hydrogen-bond acceptors (Lipinski definition) is 7. The Hall–Kier alpha value is -3.69. The monoisotopic (exact) mass is 604 g/mol. The van der Waals surface area contributed by atoms with E-state index in [9.17, 15) is 9.90 Å². The van der Waals surface area contributed by atoms with Gasteiger partial charge < -0.3 is 30.1 Å². The van der Waals surface area contributed by atoms with E-state index in [0.717, 1.165) is 5.56 Å². The molecule has 0 amide bonds. The first-order valence-electron chi connectivity index (χ1n) is 11.9. The van der Waals surface area contributed by atoms with Gasteiger partial charge in [0.05, 0.1) is 25.5 Å². The predicted molar refractivity (Wildman–Crippen MR) is 153 cm³/mol. The van der Waals surface area contributed by atoms with E-state index >= 15 is 0 Å². The van der Waals surface area contributed by atoms with Crippen molar-refractivity contribution in [2.24, 2.45) is 0 Å². The van der Waals surface area contributed by atoms with E-state index in [2.05, 4.69) is 10.3 Å². The van der Waals surface area contributed by atoms with Gasteiger partial charge in [0.25, 0.3) is 0 Å². The SMILES string of the molecule is COc1ccc([C@H](Cc2c(Cl)c[nH+]cc2Cl)OC(=O)c2ccc(CNc3cccc(O)c3Cl)cc2)cc1OC.[OH-]. The van der Waals surface area contributed by atoms with Gasteiger partial charge in [-0.15, -0.1) is 0 Å². The summed E-state index contributed by atoms with van der Waals surface area (Å²) in [6.45, 7) is 0.439. The molecule has 210 valence electrons. The molecule has 1 aromatic heterocycles. The number of nitrogens with one attached hydrogen (secondary N) is 2. The van der Waals surface area contributed by atoms with Gasteiger partial charge >= 0.3 is 5.97 Å². The van der Waals surface area contributed by atoms with E-state index in [4.69, 9.17) is 49.0 Å². The highest BCUT2D eigenvalue weighted by Crippen LogP contribution is 2.35. The van der Waals surface area contributed by atoms with Crippen molar-refractivity contribution in [3.63, 3.8) is 0 Å². The first-order valence-corrected chi connectivity index (χ1v) is 13.0. The second-order valence-corrected chi connectivity index (χ2v) is 9.72. The summed E-state index contributed by atoms with van der Waals surface area (Å²) >= 11 is 18.9. The molecule has 0 aliphatic carbocycles. The molecule has 0 bridgehead atoms. The van der Waals surface area contributed by atoms with Gasteiger partial charge in [-0.1, -0.05) is 59.1 Å². The number of H-pyrrole nitrogens is 1. The number of carbonyl (C=O) groups excluding carboxylic acids is 1. The number of aromatic nitrogens is 1. The smallest absolute Gasteiger partial charge is 0.338 e. The van der Waals surface area contributed by atoms with E-state index in [1.54, 1.807) is 62.0 Å². The number of phenols is 1. The zero-order valence-corrected chi connectivity index (χ0v) is 23.8. The second kappa shape index (κ2) is 14.1. The van der Waals surface area contributed by atoms with Crippen LogP contribution in [0.25, 0.3) is 0 Å². The molecular formula is C29H27Cl3N2O6. The maximum absolute atomic E-state index is 13.2. The van der Waals surface area contributed by atoms with Crippen molar-refractivity contribution < 1.29 is 34.6 Å². The number of carbonyl (C=O) groups is 1. The molecule has 11 heteroatoms. The van der Waals surface area contributed by atoms with Crippen LogP contribution >= 0.6 is 34.8 Å². The van der Waals surface area contributed by atoms with Crippen molar-refractivity contribution in [2.75, 3.05) is 19.5 Å². The molecule has 0 saturated carbocycles. The third-order valence-electron chi connectivity index (χ3n) is 6.07. The van der Waals surface area contributed by atoms with E-state index < -0.39 is 12.1 Å². The Morgan fingerprint density at radius 3 is 2.27 bits per heavy atom. The summed E-state index contributed by atoms with van der Waals surface area (Å²) in [5.41, 5.74) is 3.20. The van der Waals surface area contributed by atoms with Crippen LogP contribution < -0.4 is 19.8 Å². The third-order valence-corrected chi connectivity index (χ3v) is 7.14. The number of phenolic OH excluding ortho intramolecular Hbond substituents is 1. The number of benzene rings is 3. The molecule has 0 aliphatic heterocycles. The van der Waals surface area contributed by atoms with E-state index in [0.29, 0.717) is 50.5 Å². The fourth-order valence-electron chi connectivity index (χ4n) is 3.95. The van der Waals surface area contributed by atoms with Gasteiger partial charge in [0.2, 0.25) is 0 Å². The maximum Gasteiger partial charge on any atom is 0.338 e. The lowest BCUT2D eigenvalue weighted by atomic mass is 10.0. The standard InChI is InChI=1S/C29H25Cl3N2O5.H2O/c1-37-25-11-10-19(12-27(25)38-2)26(13-20-21(30)15-33-16-22(20)31)39-29(36)18-8-6-17(7-9-18)14-34-23-4-3-5-24(35)28(23)32;/h3-12,15-16,26,34-35H,13-14H2,1-2H3;1H2/t26-;/m0./s1. The first kappa shape index (κ1) is 30.8. The lowest BCUT2D eigenvalue weighted by Gasteiger charge is -2.20. The summed E-state index contributed by atoms with van der Waals surface area (Å²) < 4.78 is 16.8. The first-order chi connectivity index (χ1) is 18.8. The van der Waals surface area contributed by atoms with Crippen LogP contribution in [-0.4, -0.2) is 30.8 Å². The van der Waals surface area contributed by atoms with Crippen molar-refractivity contribution in [1.82, 2.24) is 0 Å². The Bertz CT molecular complexity index is 1450. The molecule has 0 unspecified atom stereocenters. The van der Waals surface area contributed by atoms with Crippen molar-refractivity contribution in [2.45, 2.75) is 19.1 Å². The van der Waals surface area contributed by atoms with Crippen molar-refractivity contribution in [1.29, 1.82) is 0 Å². The molecule has 40 heavy (non-hydrogen) atoms. The number of hydrogen-bond donors (Lipinski definition) is 2. The van der Waals surface area contributed by atoms with Gasteiger partial charge in [-0.3, -0.25) is 0 Å². The fourth-order valence-corrected chi connectivity index (χ4v) is 4.67. The highest BCUT2D eigenvalue weighted by atomic mass is 35.5. The fraction of sp³-hybridized carbons (Fsp3) is 0.172. The number of anilines is 1. The zero-order chi connectivity index (χ0) is 27.9. The zero-order valence-electron chi connectivity index (χ0n) is 21.6. The number of aromatic amines is 1. The number of halogens is 3. The van der Waals surface area contributed by atoms with Crippen molar-refractivity contribution >= 4 is 46.5 Å². The van der Waals surface area contributed by atoms with E-state index in [-0.39, 0.29) is 22.7 Å². The Kier molecular flexibility index (Phi) is 10.9. The molecule has 0 saturated heterocycles. The molecule has 1 heterocycles. The van der Waals surface area contributed by atoms with Crippen LogP contribution in [0.15, 0.2) is 73.1 Å². The number of aromatic hydroxyl groups is 1. The second-order valence-electron chi connectivity index (χ2n) is 8.53. The lowest BCUT2D eigenvalue weighted by Crippen LogP contribution is -2.16. The summed E-state index contributed by atoms with van der Waals surface area (Å²) in [7, 11) is 3.08. The van der Waals surface area contributed by atoms with Crippen molar-refractivity contribution in [3.8, 4) is 17.2 Å². The summed E-state index contributed by atoms with van der Waals surface area (Å²) in [6.07, 6.45) is 2.75. The van der Waals surface area contributed by atoms with Crippen LogP contribution in [0.4, 0.5) is 5.69 Å². The molecule has 4 rings (SSSR count). The molecule has 0 radical (unpaired) electrons. The van der Waals surface area contributed by atoms with Gasteiger partial charge in [0.15, 0.2) is 23.9 Å². The van der Waals surface area contributed by atoms with Crippen LogP contribution in [-0.2, 0) is 17.7 Å². The molecule has 4 N–H and O–H groups in total. The maximum atomic E-state index is 13.2. The van der Waals surface area contributed by atoms with Gasteiger partial charge in [-0.25, -0.2) is 9.78 Å². The molecule has 3 aromatic carbocycles. The van der Waals surface area contributed by atoms with E-state index in [1.807, 2.05) is 12.1 Å². The normalized spacial score (nSPS) is 11.2. The lowest BCUT2D eigenvalue weighted by molar-refractivity contribution is -0.377. The molecule has 0 spiro atoms. The van der Waals surface area contributed by atoms with Crippen LogP contribution in [0.5, 0.6) is 17.2 Å². The number of pyridine rings is 1. The average Bonchev–Trinajstić information content (AvgIpc) is 2.95. The molecule has 1 atom stereocenters. The number of methoxy groups -OCH3 is 2. The van der Waals surface area contributed by atoms with Gasteiger partial charge in [-0.05, 0) is 47.5 Å². The highest BCUT2D eigenvalue weighted by molar-refractivity contribution is 6.35. The van der Waals surface area contributed by atoms with Crippen molar-refractivity contribution in [3.05, 3.63) is 110 Å². The quantitative estimate of drug-likeness (QED) is 0.192. The Morgan fingerprint density at radius 2 is 1.62 bits per heavy atom. The van der Waals surface area contributed by atoms with Crippen LogP contribution in [0.3, 0.4) is 0 Å². The summed E-state index contributed by atoms with van der Waals surface area (Å²) in [5, 5.41) is 14.0. The summed E-state index contributed by atoms with van der Waals surface area (Å²) in [6, 6.07) is 17.3. The summed E-state index contributed by atoms with van der Waals surface area (Å²) in [4.78, 5) is 16.1. The van der Waals surface area contributed by atoms with Crippen LogP contribution in [0.2, 0.25) is 15.1 Å². The number of esters is 1. The third kappa shape index (κ3) is 7.28. The topological polar surface area (TPSA) is 121 Å². The Labute approximate surface area is 246 Å². The highest BCUT2D eigenvalue weighted by Gasteiger charge is 2.24. The van der Waals surface area contributed by atoms with Gasteiger partial charge in [-0.2, -0.15) is 0 Å². The Morgan fingerprint density at radius 1 is 0.950 bits per heavy atom. The number of rotatable bonds is 10. The van der Waals surface area contributed by atoms with Crippen LogP contribution in [0, 0.1) is 0 Å². The predicted octanol–water partition coefficient (Wildman–Crippen LogP) is 6.76.